The van der Waals surface area contributed by atoms with Crippen LogP contribution < -0.4 is 10.2 Å². The molecule has 0 aliphatic carbocycles. The average Bonchev–Trinajstić information content (AvgIpc) is 2.94. The van der Waals surface area contributed by atoms with Gasteiger partial charge < -0.3 is 10.2 Å². The summed E-state index contributed by atoms with van der Waals surface area (Å²) in [5.74, 6) is 0.0128. The fourth-order valence-electron chi connectivity index (χ4n) is 2.52. The van der Waals surface area contributed by atoms with Crippen LogP contribution in [0, 0.1) is 0 Å². The van der Waals surface area contributed by atoms with Crippen molar-refractivity contribution in [2.75, 3.05) is 32.7 Å². The molecule has 1 aromatic rings. The number of amides is 1. The molecule has 1 aromatic heterocycles. The van der Waals surface area contributed by atoms with Crippen LogP contribution in [0.3, 0.4) is 0 Å². The zero-order chi connectivity index (χ0) is 16.3. The summed E-state index contributed by atoms with van der Waals surface area (Å²) in [7, 11) is -3.47. The van der Waals surface area contributed by atoms with E-state index in [-0.39, 0.29) is 16.2 Å². The number of sulfonamides is 1. The van der Waals surface area contributed by atoms with Crippen molar-refractivity contribution in [3.05, 3.63) is 16.5 Å². The first kappa shape index (κ1) is 17.7. The van der Waals surface area contributed by atoms with Gasteiger partial charge in [-0.3, -0.25) is 4.79 Å². The summed E-state index contributed by atoms with van der Waals surface area (Å²) < 4.78 is 27.2. The number of nitrogens with one attached hydrogen (secondary N) is 2. The van der Waals surface area contributed by atoms with Gasteiger partial charge in [-0.1, -0.05) is 11.6 Å². The van der Waals surface area contributed by atoms with Gasteiger partial charge in [-0.05, 0) is 26.0 Å². The van der Waals surface area contributed by atoms with E-state index >= 15 is 0 Å². The van der Waals surface area contributed by atoms with Crippen molar-refractivity contribution < 1.29 is 18.1 Å². The molecule has 0 saturated carbocycles. The molecular weight excluding hydrogens is 346 g/mol. The van der Waals surface area contributed by atoms with Crippen molar-refractivity contribution in [2.45, 2.75) is 24.1 Å². The number of hydrogen-bond donors (Lipinski definition) is 2. The number of piperazine rings is 1. The smallest absolute Gasteiger partial charge is 0.278 e. The van der Waals surface area contributed by atoms with Gasteiger partial charge in [0.15, 0.2) is 6.04 Å². The molecule has 9 heteroatoms. The van der Waals surface area contributed by atoms with E-state index in [9.17, 15) is 13.2 Å². The maximum atomic E-state index is 12.5. The molecule has 6 nitrogen and oxygen atoms in total. The highest BCUT2D eigenvalue weighted by Crippen LogP contribution is 2.27. The van der Waals surface area contributed by atoms with Crippen LogP contribution in [0.2, 0.25) is 4.34 Å². The molecule has 0 spiro atoms. The molecule has 1 saturated heterocycles. The van der Waals surface area contributed by atoms with E-state index in [4.69, 9.17) is 11.6 Å². The normalized spacial score (nSPS) is 19.0. The van der Waals surface area contributed by atoms with Crippen molar-refractivity contribution >= 4 is 38.9 Å². The minimum atomic E-state index is -3.47. The van der Waals surface area contributed by atoms with E-state index in [2.05, 4.69) is 5.32 Å². The van der Waals surface area contributed by atoms with E-state index < -0.39 is 10.0 Å². The Morgan fingerprint density at radius 2 is 2.09 bits per heavy atom. The summed E-state index contributed by atoms with van der Waals surface area (Å²) in [6, 6.07) is 2.97. The first-order valence-electron chi connectivity index (χ1n) is 7.24. The lowest BCUT2D eigenvalue weighted by Crippen LogP contribution is -3.19. The predicted molar refractivity (Wildman–Crippen MR) is 86.9 cm³/mol. The quantitative estimate of drug-likeness (QED) is 0.759. The van der Waals surface area contributed by atoms with Gasteiger partial charge in [-0.2, -0.15) is 4.31 Å². The highest BCUT2D eigenvalue weighted by atomic mass is 35.5. The van der Waals surface area contributed by atoms with Crippen LogP contribution in [0.5, 0.6) is 0 Å². The van der Waals surface area contributed by atoms with Gasteiger partial charge in [0.05, 0.1) is 30.5 Å². The summed E-state index contributed by atoms with van der Waals surface area (Å²) in [4.78, 5) is 13.0. The first-order chi connectivity index (χ1) is 10.4. The molecule has 2 heterocycles. The van der Waals surface area contributed by atoms with Crippen LogP contribution in [0.4, 0.5) is 0 Å². The summed E-state index contributed by atoms with van der Waals surface area (Å²) in [5, 5.41) is 2.81. The number of likely N-dealkylation sites (N-methyl/N-ethyl adjacent to an activating group) is 1. The minimum Gasteiger partial charge on any atom is -0.351 e. The van der Waals surface area contributed by atoms with Crippen molar-refractivity contribution in [1.29, 1.82) is 0 Å². The fraction of sp³-hybridized carbons (Fsp3) is 0.615. The van der Waals surface area contributed by atoms with Crippen molar-refractivity contribution in [2.24, 2.45) is 0 Å². The van der Waals surface area contributed by atoms with E-state index in [0.29, 0.717) is 37.1 Å². The molecule has 22 heavy (non-hydrogen) atoms. The Bertz CT molecular complexity index is 624. The second kappa shape index (κ2) is 7.27. The largest absolute Gasteiger partial charge is 0.351 e. The second-order valence-corrected chi connectivity index (χ2v) is 9.12. The lowest BCUT2D eigenvalue weighted by atomic mass is 10.2. The number of carbonyl (C=O) groups excluding carboxylic acids is 1. The van der Waals surface area contributed by atoms with E-state index in [1.54, 1.807) is 12.1 Å². The number of rotatable bonds is 5. The molecule has 0 bridgehead atoms. The van der Waals surface area contributed by atoms with Gasteiger partial charge in [0.25, 0.3) is 15.9 Å². The van der Waals surface area contributed by atoms with E-state index in [1.807, 2.05) is 13.8 Å². The number of halogens is 1. The Hall–Kier alpha value is -0.670. The molecule has 0 aromatic carbocycles. The highest BCUT2D eigenvalue weighted by Gasteiger charge is 2.34. The molecule has 2 rings (SSSR count). The molecule has 2 N–H and O–H groups in total. The zero-order valence-corrected chi connectivity index (χ0v) is 15.0. The molecule has 1 aliphatic rings. The summed E-state index contributed by atoms with van der Waals surface area (Å²) in [6.07, 6.45) is 0. The number of thiophene rings is 1. The maximum absolute atomic E-state index is 12.5. The van der Waals surface area contributed by atoms with Crippen molar-refractivity contribution in [3.63, 3.8) is 0 Å². The lowest BCUT2D eigenvalue weighted by molar-refractivity contribution is -0.917. The Kier molecular flexibility index (Phi) is 5.84. The van der Waals surface area contributed by atoms with Gasteiger partial charge in [-0.25, -0.2) is 8.42 Å². The molecule has 0 unspecified atom stereocenters. The van der Waals surface area contributed by atoms with Gasteiger partial charge >= 0.3 is 0 Å². The Morgan fingerprint density at radius 3 is 2.59 bits per heavy atom. The number of nitrogens with zero attached hydrogens (tertiary/aromatic N) is 1. The Labute approximate surface area is 140 Å². The van der Waals surface area contributed by atoms with Crippen LogP contribution >= 0.6 is 22.9 Å². The Balaban J connectivity index is 1.99. The van der Waals surface area contributed by atoms with Crippen LogP contribution in [0.15, 0.2) is 16.3 Å². The standard InChI is InChI=1S/C13H20ClN3O3S2/c1-3-15-13(18)10(2)16-6-8-17(9-7-16)22(19,20)12-5-4-11(14)21-12/h4-5,10H,3,6-9H2,1-2H3,(H,15,18)/p+1/t10-/m0/s1. The summed E-state index contributed by atoms with van der Waals surface area (Å²) >= 11 is 6.89. The third-order valence-electron chi connectivity index (χ3n) is 3.86. The monoisotopic (exact) mass is 366 g/mol. The number of carbonyl (C=O) groups is 1. The first-order valence-corrected chi connectivity index (χ1v) is 9.87. The second-order valence-electron chi connectivity index (χ2n) is 5.24. The topological polar surface area (TPSA) is 70.9 Å². The maximum Gasteiger partial charge on any atom is 0.278 e. The SMILES string of the molecule is CCNC(=O)[C@H](C)[NH+]1CCN(S(=O)(=O)c2ccc(Cl)s2)CC1. The lowest BCUT2D eigenvalue weighted by Gasteiger charge is -2.33. The third-order valence-corrected chi connectivity index (χ3v) is 7.46. The average molecular weight is 367 g/mol. The predicted octanol–water partition coefficient (Wildman–Crippen LogP) is -0.185. The van der Waals surface area contributed by atoms with Gasteiger partial charge in [-0.15, -0.1) is 11.3 Å². The van der Waals surface area contributed by atoms with Crippen molar-refractivity contribution in [1.82, 2.24) is 9.62 Å². The van der Waals surface area contributed by atoms with Gasteiger partial charge in [0, 0.05) is 6.54 Å². The van der Waals surface area contributed by atoms with Crippen LogP contribution in [-0.2, 0) is 14.8 Å². The number of quaternary nitrogens is 1. The van der Waals surface area contributed by atoms with Gasteiger partial charge in [0.1, 0.15) is 4.21 Å². The molecule has 1 amide bonds. The van der Waals surface area contributed by atoms with Gasteiger partial charge in [0.2, 0.25) is 0 Å². The molecule has 1 fully saturated rings. The summed E-state index contributed by atoms with van der Waals surface area (Å²) in [5.41, 5.74) is 0. The fourth-order valence-corrected chi connectivity index (χ4v) is 5.60. The minimum absolute atomic E-state index is 0.0128. The van der Waals surface area contributed by atoms with E-state index in [0.717, 1.165) is 16.2 Å². The van der Waals surface area contributed by atoms with Crippen LogP contribution in [-0.4, -0.2) is 57.4 Å². The van der Waals surface area contributed by atoms with Crippen LogP contribution in [0.25, 0.3) is 0 Å². The highest BCUT2D eigenvalue weighted by molar-refractivity contribution is 7.91. The van der Waals surface area contributed by atoms with Crippen LogP contribution in [0.1, 0.15) is 13.8 Å². The molecule has 1 atom stereocenters. The zero-order valence-electron chi connectivity index (χ0n) is 12.6. The molecular formula is C13H21ClN3O3S2+. The van der Waals surface area contributed by atoms with Crippen molar-refractivity contribution in [3.8, 4) is 0 Å². The third kappa shape index (κ3) is 3.80. The molecule has 0 radical (unpaired) electrons. The Morgan fingerprint density at radius 1 is 1.45 bits per heavy atom. The van der Waals surface area contributed by atoms with E-state index in [1.165, 1.54) is 4.31 Å². The molecule has 1 aliphatic heterocycles. The summed E-state index contributed by atoms with van der Waals surface area (Å²) in [6.45, 7) is 6.44. The number of hydrogen-bond acceptors (Lipinski definition) is 4. The molecule has 124 valence electrons.